The van der Waals surface area contributed by atoms with Crippen molar-refractivity contribution in [2.75, 3.05) is 11.1 Å². The second-order valence-corrected chi connectivity index (χ2v) is 4.22. The first kappa shape index (κ1) is 12.1. The molecular weight excluding hydrogens is 226 g/mol. The minimum Gasteiger partial charge on any atom is -0.384 e. The number of hydrogen-bond acceptors (Lipinski definition) is 3. The fourth-order valence-electron chi connectivity index (χ4n) is 1.72. The molecular formula is C14H15N3O. The average molecular weight is 241 g/mol. The fraction of sp³-hybridized carbons (Fsp3) is 0.143. The number of nitrogen functional groups attached to an aromatic ring is 1. The molecule has 0 aliphatic heterocycles. The molecule has 1 aromatic carbocycles. The normalized spacial score (nSPS) is 10.1. The van der Waals surface area contributed by atoms with Crippen LogP contribution in [0.15, 0.2) is 36.4 Å². The number of aromatic nitrogens is 1. The Labute approximate surface area is 106 Å². The first-order chi connectivity index (χ1) is 8.56. The summed E-state index contributed by atoms with van der Waals surface area (Å²) in [4.78, 5) is 16.0. The molecule has 4 heteroatoms. The molecule has 1 heterocycles. The molecule has 0 bridgehead atoms. The number of carbonyl (C=O) groups excluding carboxylic acids is 1. The number of benzene rings is 1. The van der Waals surface area contributed by atoms with Gasteiger partial charge in [0.15, 0.2) is 0 Å². The molecule has 2 rings (SSSR count). The van der Waals surface area contributed by atoms with Gasteiger partial charge in [-0.2, -0.15) is 0 Å². The predicted octanol–water partition coefficient (Wildman–Crippen LogP) is 2.53. The first-order valence-corrected chi connectivity index (χ1v) is 5.67. The predicted molar refractivity (Wildman–Crippen MR) is 72.5 cm³/mol. The molecule has 0 aliphatic rings. The van der Waals surface area contributed by atoms with E-state index in [-0.39, 0.29) is 5.91 Å². The van der Waals surface area contributed by atoms with Gasteiger partial charge in [-0.05, 0) is 37.6 Å². The van der Waals surface area contributed by atoms with Crippen LogP contribution in [0.4, 0.5) is 11.5 Å². The van der Waals surface area contributed by atoms with E-state index in [1.165, 1.54) is 0 Å². The van der Waals surface area contributed by atoms with Crippen molar-refractivity contribution in [3.05, 3.63) is 53.2 Å². The third-order valence-electron chi connectivity index (χ3n) is 2.63. The van der Waals surface area contributed by atoms with Gasteiger partial charge in [-0.1, -0.05) is 23.8 Å². The molecule has 4 nitrogen and oxygen atoms in total. The molecule has 92 valence electrons. The van der Waals surface area contributed by atoms with Gasteiger partial charge >= 0.3 is 0 Å². The standard InChI is InChI=1S/C14H15N3O/c1-9-6-7-11(10(2)8-9)17-14(18)12-4-3-5-13(15)16-12/h3-8H,1-2H3,(H2,15,16)(H,17,18). The molecule has 0 spiro atoms. The lowest BCUT2D eigenvalue weighted by molar-refractivity contribution is 0.102. The monoisotopic (exact) mass is 241 g/mol. The Morgan fingerprint density at radius 3 is 2.67 bits per heavy atom. The van der Waals surface area contributed by atoms with E-state index in [1.54, 1.807) is 18.2 Å². The molecule has 2 aromatic rings. The van der Waals surface area contributed by atoms with E-state index in [0.29, 0.717) is 11.5 Å². The van der Waals surface area contributed by atoms with E-state index in [2.05, 4.69) is 10.3 Å². The van der Waals surface area contributed by atoms with E-state index < -0.39 is 0 Å². The Balaban J connectivity index is 2.21. The number of nitrogens with zero attached hydrogens (tertiary/aromatic N) is 1. The lowest BCUT2D eigenvalue weighted by Crippen LogP contribution is -2.15. The van der Waals surface area contributed by atoms with Crippen molar-refractivity contribution in [3.8, 4) is 0 Å². The molecule has 1 aromatic heterocycles. The van der Waals surface area contributed by atoms with Crippen LogP contribution < -0.4 is 11.1 Å². The fourth-order valence-corrected chi connectivity index (χ4v) is 1.72. The molecule has 18 heavy (non-hydrogen) atoms. The molecule has 0 radical (unpaired) electrons. The molecule has 1 amide bonds. The number of aryl methyl sites for hydroxylation is 2. The number of rotatable bonds is 2. The van der Waals surface area contributed by atoms with Crippen LogP contribution in [-0.4, -0.2) is 10.9 Å². The summed E-state index contributed by atoms with van der Waals surface area (Å²) < 4.78 is 0. The lowest BCUT2D eigenvalue weighted by Gasteiger charge is -2.08. The van der Waals surface area contributed by atoms with E-state index >= 15 is 0 Å². The highest BCUT2D eigenvalue weighted by Gasteiger charge is 2.09. The number of pyridine rings is 1. The Morgan fingerprint density at radius 1 is 1.22 bits per heavy atom. The van der Waals surface area contributed by atoms with E-state index in [1.807, 2.05) is 32.0 Å². The van der Waals surface area contributed by atoms with Gasteiger partial charge in [0.05, 0.1) is 0 Å². The number of nitrogens with one attached hydrogen (secondary N) is 1. The maximum absolute atomic E-state index is 12.0. The van der Waals surface area contributed by atoms with Crippen LogP contribution in [0.2, 0.25) is 0 Å². The van der Waals surface area contributed by atoms with Crippen molar-refractivity contribution in [1.82, 2.24) is 4.98 Å². The second kappa shape index (κ2) is 4.87. The van der Waals surface area contributed by atoms with Crippen LogP contribution in [0, 0.1) is 13.8 Å². The average Bonchev–Trinajstić information content (AvgIpc) is 2.32. The van der Waals surface area contributed by atoms with Crippen molar-refractivity contribution >= 4 is 17.4 Å². The smallest absolute Gasteiger partial charge is 0.274 e. The summed E-state index contributed by atoms with van der Waals surface area (Å²) in [6, 6.07) is 10.8. The Bertz CT molecular complexity index is 593. The Hall–Kier alpha value is -2.36. The van der Waals surface area contributed by atoms with Gasteiger partial charge < -0.3 is 11.1 Å². The summed E-state index contributed by atoms with van der Waals surface area (Å²) in [6.07, 6.45) is 0. The van der Waals surface area contributed by atoms with Gasteiger partial charge in [-0.3, -0.25) is 4.79 Å². The number of anilines is 2. The Kier molecular flexibility index (Phi) is 3.28. The topological polar surface area (TPSA) is 68.0 Å². The number of hydrogen-bond donors (Lipinski definition) is 2. The largest absolute Gasteiger partial charge is 0.384 e. The summed E-state index contributed by atoms with van der Waals surface area (Å²) in [7, 11) is 0. The molecule has 0 saturated carbocycles. The molecule has 3 N–H and O–H groups in total. The highest BCUT2D eigenvalue weighted by atomic mass is 16.1. The second-order valence-electron chi connectivity index (χ2n) is 4.22. The minimum atomic E-state index is -0.255. The summed E-state index contributed by atoms with van der Waals surface area (Å²) in [5.74, 6) is 0.0810. The van der Waals surface area contributed by atoms with Crippen molar-refractivity contribution in [2.45, 2.75) is 13.8 Å². The number of amides is 1. The lowest BCUT2D eigenvalue weighted by atomic mass is 10.1. The quantitative estimate of drug-likeness (QED) is 0.849. The molecule has 0 fully saturated rings. The van der Waals surface area contributed by atoms with Crippen LogP contribution in [0.5, 0.6) is 0 Å². The van der Waals surface area contributed by atoms with Gasteiger partial charge in [-0.25, -0.2) is 4.98 Å². The zero-order chi connectivity index (χ0) is 13.1. The molecule has 0 atom stereocenters. The van der Waals surface area contributed by atoms with E-state index in [4.69, 9.17) is 5.73 Å². The van der Waals surface area contributed by atoms with Gasteiger partial charge in [0.25, 0.3) is 5.91 Å². The van der Waals surface area contributed by atoms with Crippen LogP contribution in [0.3, 0.4) is 0 Å². The van der Waals surface area contributed by atoms with Crippen molar-refractivity contribution in [2.24, 2.45) is 0 Å². The Morgan fingerprint density at radius 2 is 2.00 bits per heavy atom. The maximum Gasteiger partial charge on any atom is 0.274 e. The first-order valence-electron chi connectivity index (χ1n) is 5.67. The van der Waals surface area contributed by atoms with Gasteiger partial charge in [0, 0.05) is 5.69 Å². The zero-order valence-electron chi connectivity index (χ0n) is 10.4. The molecule has 0 unspecified atom stereocenters. The molecule has 0 saturated heterocycles. The van der Waals surface area contributed by atoms with Crippen LogP contribution in [-0.2, 0) is 0 Å². The number of carbonyl (C=O) groups is 1. The summed E-state index contributed by atoms with van der Waals surface area (Å²) in [5.41, 5.74) is 8.83. The highest BCUT2D eigenvalue weighted by molar-refractivity contribution is 6.03. The summed E-state index contributed by atoms with van der Waals surface area (Å²) >= 11 is 0. The summed E-state index contributed by atoms with van der Waals surface area (Å²) in [6.45, 7) is 3.97. The van der Waals surface area contributed by atoms with Crippen molar-refractivity contribution in [3.63, 3.8) is 0 Å². The van der Waals surface area contributed by atoms with E-state index in [9.17, 15) is 4.79 Å². The van der Waals surface area contributed by atoms with Crippen LogP contribution in [0.25, 0.3) is 0 Å². The van der Waals surface area contributed by atoms with E-state index in [0.717, 1.165) is 16.8 Å². The van der Waals surface area contributed by atoms with Crippen LogP contribution in [0.1, 0.15) is 21.6 Å². The highest BCUT2D eigenvalue weighted by Crippen LogP contribution is 2.16. The van der Waals surface area contributed by atoms with Crippen molar-refractivity contribution in [1.29, 1.82) is 0 Å². The maximum atomic E-state index is 12.0. The zero-order valence-corrected chi connectivity index (χ0v) is 10.4. The third kappa shape index (κ3) is 2.66. The summed E-state index contributed by atoms with van der Waals surface area (Å²) in [5, 5.41) is 2.82. The minimum absolute atomic E-state index is 0.255. The molecule has 0 aliphatic carbocycles. The van der Waals surface area contributed by atoms with Gasteiger partial charge in [0.1, 0.15) is 11.5 Å². The van der Waals surface area contributed by atoms with Crippen molar-refractivity contribution < 1.29 is 4.79 Å². The van der Waals surface area contributed by atoms with Gasteiger partial charge in [-0.15, -0.1) is 0 Å². The third-order valence-corrected chi connectivity index (χ3v) is 2.63. The number of nitrogens with two attached hydrogens (primary N) is 1. The van der Waals surface area contributed by atoms with Crippen LogP contribution >= 0.6 is 0 Å². The van der Waals surface area contributed by atoms with Gasteiger partial charge in [0.2, 0.25) is 0 Å². The SMILES string of the molecule is Cc1ccc(NC(=O)c2cccc(N)n2)c(C)c1.